The van der Waals surface area contributed by atoms with E-state index in [9.17, 15) is 4.79 Å². The second-order valence-corrected chi connectivity index (χ2v) is 3.58. The molecule has 0 rings (SSSR count). The van der Waals surface area contributed by atoms with Crippen LogP contribution < -0.4 is 0 Å². The minimum atomic E-state index is -0.276. The Balaban J connectivity index is 3.96. The van der Waals surface area contributed by atoms with Crippen molar-refractivity contribution in [2.24, 2.45) is 5.92 Å². The predicted octanol–water partition coefficient (Wildman–Crippen LogP) is 1.96. The lowest BCUT2D eigenvalue weighted by atomic mass is 10.1. The Labute approximate surface area is 82.8 Å². The molecule has 0 aromatic heterocycles. The van der Waals surface area contributed by atoms with Crippen molar-refractivity contribution >= 4 is 17.7 Å². The van der Waals surface area contributed by atoms with Gasteiger partial charge in [0.15, 0.2) is 0 Å². The van der Waals surface area contributed by atoms with E-state index >= 15 is 0 Å². The van der Waals surface area contributed by atoms with Crippen molar-refractivity contribution in [2.45, 2.75) is 13.8 Å². The zero-order chi connectivity index (χ0) is 10.3. The molecule has 0 heterocycles. The molecule has 0 aliphatic heterocycles. The fraction of sp³-hybridized carbons (Fsp3) is 0.556. The first-order valence-electron chi connectivity index (χ1n) is 3.90. The van der Waals surface area contributed by atoms with E-state index in [1.165, 1.54) is 18.9 Å². The first kappa shape index (κ1) is 12.0. The highest BCUT2D eigenvalue weighted by atomic mass is 32.2. The standard InChI is InChI=1S/C9H13NO2S/c1-7(2)8(4-10)5-13-6-9(11)12-3/h5,7H,6H2,1-3H3. The maximum Gasteiger partial charge on any atom is 0.315 e. The average molecular weight is 199 g/mol. The fourth-order valence-corrected chi connectivity index (χ4v) is 1.39. The van der Waals surface area contributed by atoms with Crippen LogP contribution in [0.4, 0.5) is 0 Å². The minimum absolute atomic E-state index is 0.204. The van der Waals surface area contributed by atoms with E-state index in [1.807, 2.05) is 13.8 Å². The second-order valence-electron chi connectivity index (χ2n) is 2.73. The van der Waals surface area contributed by atoms with E-state index in [-0.39, 0.29) is 17.6 Å². The Morgan fingerprint density at radius 3 is 2.69 bits per heavy atom. The van der Waals surface area contributed by atoms with Gasteiger partial charge in [-0.3, -0.25) is 4.79 Å². The predicted molar refractivity (Wildman–Crippen MR) is 53.0 cm³/mol. The largest absolute Gasteiger partial charge is 0.468 e. The third-order valence-electron chi connectivity index (χ3n) is 1.39. The van der Waals surface area contributed by atoms with Gasteiger partial charge in [0.1, 0.15) is 0 Å². The Hall–Kier alpha value is -0.950. The molecule has 0 amide bonds. The normalized spacial score (nSPS) is 11.2. The van der Waals surface area contributed by atoms with Gasteiger partial charge in [0.05, 0.1) is 18.9 Å². The number of allylic oxidation sites excluding steroid dienone is 1. The van der Waals surface area contributed by atoms with Crippen LogP contribution in [0.3, 0.4) is 0 Å². The summed E-state index contributed by atoms with van der Waals surface area (Å²) < 4.78 is 4.45. The molecule has 0 aromatic carbocycles. The van der Waals surface area contributed by atoms with Gasteiger partial charge in [-0.2, -0.15) is 5.26 Å². The maximum atomic E-state index is 10.7. The number of hydrogen-bond donors (Lipinski definition) is 0. The Morgan fingerprint density at radius 2 is 2.31 bits per heavy atom. The number of nitrogens with zero attached hydrogens (tertiary/aromatic N) is 1. The molecule has 72 valence electrons. The summed E-state index contributed by atoms with van der Waals surface area (Å²) in [5.41, 5.74) is 0.689. The zero-order valence-electron chi connectivity index (χ0n) is 8.03. The van der Waals surface area contributed by atoms with Crippen LogP contribution in [-0.4, -0.2) is 18.8 Å². The molecule has 0 spiro atoms. The Morgan fingerprint density at radius 1 is 1.69 bits per heavy atom. The fourth-order valence-electron chi connectivity index (χ4n) is 0.550. The monoisotopic (exact) mass is 199 g/mol. The number of nitriles is 1. The summed E-state index contributed by atoms with van der Waals surface area (Å²) in [6.45, 7) is 3.88. The number of methoxy groups -OCH3 is 1. The van der Waals surface area contributed by atoms with Crippen molar-refractivity contribution in [1.29, 1.82) is 5.26 Å². The molecule has 0 aromatic rings. The van der Waals surface area contributed by atoms with Crippen LogP contribution >= 0.6 is 11.8 Å². The third-order valence-corrected chi connectivity index (χ3v) is 2.21. The van der Waals surface area contributed by atoms with Gasteiger partial charge in [-0.15, -0.1) is 11.8 Å². The quantitative estimate of drug-likeness (QED) is 0.513. The third kappa shape index (κ3) is 5.31. The number of esters is 1. The average Bonchev–Trinajstić information content (AvgIpc) is 2.11. The molecule has 0 atom stereocenters. The van der Waals surface area contributed by atoms with E-state index in [1.54, 1.807) is 5.41 Å². The van der Waals surface area contributed by atoms with Gasteiger partial charge >= 0.3 is 5.97 Å². The molecule has 0 N–H and O–H groups in total. The van der Waals surface area contributed by atoms with Crippen LogP contribution in [0, 0.1) is 17.2 Å². The van der Waals surface area contributed by atoms with Gasteiger partial charge in [0.2, 0.25) is 0 Å². The first-order valence-corrected chi connectivity index (χ1v) is 4.95. The molecular formula is C9H13NO2S. The molecule has 0 fully saturated rings. The number of hydrogen-bond acceptors (Lipinski definition) is 4. The van der Waals surface area contributed by atoms with Crippen LogP contribution in [0.25, 0.3) is 0 Å². The number of thioether (sulfide) groups is 1. The van der Waals surface area contributed by atoms with E-state index in [2.05, 4.69) is 10.8 Å². The molecule has 4 heteroatoms. The van der Waals surface area contributed by atoms with Gasteiger partial charge in [-0.1, -0.05) is 13.8 Å². The topological polar surface area (TPSA) is 50.1 Å². The smallest absolute Gasteiger partial charge is 0.315 e. The van der Waals surface area contributed by atoms with Crippen LogP contribution in [0.2, 0.25) is 0 Å². The van der Waals surface area contributed by atoms with Crippen molar-refractivity contribution in [2.75, 3.05) is 12.9 Å². The lowest BCUT2D eigenvalue weighted by molar-refractivity contribution is -0.137. The summed E-state index contributed by atoms with van der Waals surface area (Å²) in [5, 5.41) is 10.4. The first-order chi connectivity index (χ1) is 6.11. The molecule has 0 saturated heterocycles. The highest BCUT2D eigenvalue weighted by Crippen LogP contribution is 2.14. The second kappa shape index (κ2) is 6.55. The molecular weight excluding hydrogens is 186 g/mol. The van der Waals surface area contributed by atoms with Gasteiger partial charge in [0, 0.05) is 5.57 Å². The molecule has 0 aliphatic rings. The van der Waals surface area contributed by atoms with Crippen molar-refractivity contribution in [3.63, 3.8) is 0 Å². The molecule has 13 heavy (non-hydrogen) atoms. The van der Waals surface area contributed by atoms with Gasteiger partial charge in [-0.25, -0.2) is 0 Å². The van der Waals surface area contributed by atoms with Crippen molar-refractivity contribution in [3.8, 4) is 6.07 Å². The summed E-state index contributed by atoms with van der Waals surface area (Å²) in [7, 11) is 1.35. The van der Waals surface area contributed by atoms with Crippen LogP contribution in [-0.2, 0) is 9.53 Å². The SMILES string of the molecule is COC(=O)CSC=C(C#N)C(C)C. The van der Waals surface area contributed by atoms with E-state index in [0.717, 1.165) is 0 Å². The van der Waals surface area contributed by atoms with E-state index in [0.29, 0.717) is 5.57 Å². The van der Waals surface area contributed by atoms with Crippen molar-refractivity contribution in [3.05, 3.63) is 11.0 Å². The molecule has 3 nitrogen and oxygen atoms in total. The van der Waals surface area contributed by atoms with Gasteiger partial charge in [0.25, 0.3) is 0 Å². The number of rotatable bonds is 4. The van der Waals surface area contributed by atoms with Gasteiger partial charge < -0.3 is 4.74 Å². The summed E-state index contributed by atoms with van der Waals surface area (Å²) in [4.78, 5) is 10.7. The molecule has 0 radical (unpaired) electrons. The van der Waals surface area contributed by atoms with E-state index < -0.39 is 0 Å². The Kier molecular flexibility index (Phi) is 6.07. The maximum absolute atomic E-state index is 10.7. The van der Waals surface area contributed by atoms with E-state index in [4.69, 9.17) is 5.26 Å². The molecule has 0 saturated carbocycles. The lowest BCUT2D eigenvalue weighted by Crippen LogP contribution is -2.02. The zero-order valence-corrected chi connectivity index (χ0v) is 8.85. The van der Waals surface area contributed by atoms with Crippen LogP contribution in [0.15, 0.2) is 11.0 Å². The van der Waals surface area contributed by atoms with Crippen LogP contribution in [0.1, 0.15) is 13.8 Å². The van der Waals surface area contributed by atoms with Crippen molar-refractivity contribution in [1.82, 2.24) is 0 Å². The van der Waals surface area contributed by atoms with Gasteiger partial charge in [-0.05, 0) is 11.3 Å². The summed E-state index contributed by atoms with van der Waals surface area (Å²) in [6, 6.07) is 2.08. The molecule has 0 unspecified atom stereocenters. The lowest BCUT2D eigenvalue weighted by Gasteiger charge is -2.00. The highest BCUT2D eigenvalue weighted by Gasteiger charge is 2.02. The molecule has 0 bridgehead atoms. The number of carbonyl (C=O) groups excluding carboxylic acids is 1. The summed E-state index contributed by atoms with van der Waals surface area (Å²) in [5.74, 6) is 0.187. The highest BCUT2D eigenvalue weighted by molar-refractivity contribution is 8.02. The summed E-state index contributed by atoms with van der Waals surface area (Å²) >= 11 is 1.29. The minimum Gasteiger partial charge on any atom is -0.468 e. The summed E-state index contributed by atoms with van der Waals surface area (Å²) in [6.07, 6.45) is 0. The molecule has 0 aliphatic carbocycles. The number of carbonyl (C=O) groups is 1. The van der Waals surface area contributed by atoms with Crippen molar-refractivity contribution < 1.29 is 9.53 Å². The number of ether oxygens (including phenoxy) is 1. The van der Waals surface area contributed by atoms with Crippen LogP contribution in [0.5, 0.6) is 0 Å². The Bertz CT molecular complexity index is 240.